The van der Waals surface area contributed by atoms with E-state index < -0.39 is 5.97 Å². The zero-order valence-corrected chi connectivity index (χ0v) is 14.0. The highest BCUT2D eigenvalue weighted by molar-refractivity contribution is 6.35. The van der Waals surface area contributed by atoms with E-state index in [2.05, 4.69) is 0 Å². The van der Waals surface area contributed by atoms with Gasteiger partial charge in [-0.3, -0.25) is 0 Å². The average molecular weight is 343 g/mol. The van der Waals surface area contributed by atoms with Crippen LogP contribution in [-0.4, -0.2) is 20.2 Å². The lowest BCUT2D eigenvalue weighted by Gasteiger charge is -2.12. The Kier molecular flexibility index (Phi) is 4.58. The van der Waals surface area contributed by atoms with Crippen molar-refractivity contribution in [1.82, 2.24) is 0 Å². The number of esters is 1. The molecule has 3 rings (SSSR count). The summed E-state index contributed by atoms with van der Waals surface area (Å²) in [6.07, 6.45) is 0. The van der Waals surface area contributed by atoms with Crippen LogP contribution in [0.5, 0.6) is 17.2 Å². The van der Waals surface area contributed by atoms with Gasteiger partial charge in [0.1, 0.15) is 22.8 Å². The predicted octanol–water partition coefficient (Wildman–Crippen LogP) is 4.73. The Labute approximate surface area is 144 Å². The van der Waals surface area contributed by atoms with Crippen molar-refractivity contribution in [2.24, 2.45) is 0 Å². The molecule has 122 valence electrons. The first-order valence-electron chi connectivity index (χ1n) is 7.25. The van der Waals surface area contributed by atoms with Crippen molar-refractivity contribution < 1.29 is 19.0 Å². The smallest absolute Gasteiger partial charge is 0.347 e. The molecule has 0 saturated carbocycles. The van der Waals surface area contributed by atoms with E-state index in [4.69, 9.17) is 25.8 Å². The van der Waals surface area contributed by atoms with Gasteiger partial charge in [-0.05, 0) is 24.3 Å². The van der Waals surface area contributed by atoms with Crippen LogP contribution in [0.2, 0.25) is 5.02 Å². The van der Waals surface area contributed by atoms with Gasteiger partial charge in [0.05, 0.1) is 14.2 Å². The van der Waals surface area contributed by atoms with E-state index in [1.165, 1.54) is 7.11 Å². The van der Waals surface area contributed by atoms with E-state index in [1.807, 2.05) is 24.3 Å². The number of fused-ring (bicyclic) bond motifs is 1. The van der Waals surface area contributed by atoms with Crippen LogP contribution in [0.4, 0.5) is 0 Å². The molecule has 0 unspecified atom stereocenters. The lowest BCUT2D eigenvalue weighted by Crippen LogP contribution is -2.10. The van der Waals surface area contributed by atoms with Gasteiger partial charge in [0, 0.05) is 21.9 Å². The molecule has 4 nitrogen and oxygen atoms in total. The summed E-state index contributed by atoms with van der Waals surface area (Å²) in [5.74, 6) is 0.915. The molecule has 0 spiro atoms. The second kappa shape index (κ2) is 6.81. The van der Waals surface area contributed by atoms with Gasteiger partial charge < -0.3 is 14.2 Å². The average Bonchev–Trinajstić information content (AvgIpc) is 2.63. The summed E-state index contributed by atoms with van der Waals surface area (Å²) in [6, 6.07) is 15.8. The van der Waals surface area contributed by atoms with Crippen molar-refractivity contribution in [3.05, 3.63) is 65.2 Å². The third-order valence-corrected chi connectivity index (χ3v) is 3.99. The first-order valence-corrected chi connectivity index (χ1v) is 7.63. The highest BCUT2D eigenvalue weighted by atomic mass is 35.5. The van der Waals surface area contributed by atoms with Crippen LogP contribution in [0.15, 0.2) is 54.6 Å². The first kappa shape index (κ1) is 16.1. The van der Waals surface area contributed by atoms with Crippen LogP contribution in [0.1, 0.15) is 10.4 Å². The zero-order valence-electron chi connectivity index (χ0n) is 13.2. The second-order valence-corrected chi connectivity index (χ2v) is 5.45. The molecule has 0 amide bonds. The Morgan fingerprint density at radius 3 is 2.33 bits per heavy atom. The highest BCUT2D eigenvalue weighted by Gasteiger charge is 2.17. The lowest BCUT2D eigenvalue weighted by molar-refractivity contribution is 0.0733. The molecule has 0 atom stereocenters. The highest BCUT2D eigenvalue weighted by Crippen LogP contribution is 2.32. The molecule has 24 heavy (non-hydrogen) atoms. The molecule has 3 aromatic carbocycles. The van der Waals surface area contributed by atoms with Crippen LogP contribution < -0.4 is 14.2 Å². The first-order chi connectivity index (χ1) is 11.6. The second-order valence-electron chi connectivity index (χ2n) is 5.05. The summed E-state index contributed by atoms with van der Waals surface area (Å²) in [7, 11) is 3.04. The Hall–Kier alpha value is -2.72. The van der Waals surface area contributed by atoms with Crippen LogP contribution >= 0.6 is 11.6 Å². The van der Waals surface area contributed by atoms with Gasteiger partial charge in [-0.2, -0.15) is 0 Å². The largest absolute Gasteiger partial charge is 0.497 e. The van der Waals surface area contributed by atoms with Crippen LogP contribution in [0.25, 0.3) is 10.8 Å². The Balaban J connectivity index is 1.98. The summed E-state index contributed by atoms with van der Waals surface area (Å²) in [5.41, 5.74) is 0.317. The molecule has 0 heterocycles. The molecule has 0 aromatic heterocycles. The fraction of sp³-hybridized carbons (Fsp3) is 0.105. The van der Waals surface area contributed by atoms with Gasteiger partial charge in [-0.25, -0.2) is 4.79 Å². The van der Waals surface area contributed by atoms with E-state index in [1.54, 1.807) is 37.4 Å². The summed E-state index contributed by atoms with van der Waals surface area (Å²) in [6.45, 7) is 0. The standard InChI is InChI=1S/C19H15ClO4/c1-22-12-7-8-15(18(11-12)23-2)19(21)24-17-10-9-16(20)13-5-3-4-6-14(13)17/h3-11H,1-2H3. The number of methoxy groups -OCH3 is 2. The summed E-state index contributed by atoms with van der Waals surface area (Å²) < 4.78 is 16.0. The fourth-order valence-electron chi connectivity index (χ4n) is 2.45. The minimum Gasteiger partial charge on any atom is -0.497 e. The minimum atomic E-state index is -0.512. The van der Waals surface area contributed by atoms with Crippen LogP contribution in [0, 0.1) is 0 Å². The number of rotatable bonds is 4. The lowest BCUT2D eigenvalue weighted by atomic mass is 10.1. The van der Waals surface area contributed by atoms with Gasteiger partial charge in [0.25, 0.3) is 0 Å². The third kappa shape index (κ3) is 3.01. The number of hydrogen-bond acceptors (Lipinski definition) is 4. The van der Waals surface area contributed by atoms with Crippen molar-refractivity contribution >= 4 is 28.3 Å². The molecule has 0 radical (unpaired) electrons. The normalized spacial score (nSPS) is 10.5. The summed E-state index contributed by atoms with van der Waals surface area (Å²) in [5, 5.41) is 2.20. The van der Waals surface area contributed by atoms with E-state index in [9.17, 15) is 4.79 Å². The molecule has 0 N–H and O–H groups in total. The van der Waals surface area contributed by atoms with Gasteiger partial charge in [-0.15, -0.1) is 0 Å². The van der Waals surface area contributed by atoms with Gasteiger partial charge in [0.2, 0.25) is 0 Å². The number of halogens is 1. The van der Waals surface area contributed by atoms with Crippen molar-refractivity contribution in [3.63, 3.8) is 0 Å². The quantitative estimate of drug-likeness (QED) is 0.508. The fourth-order valence-corrected chi connectivity index (χ4v) is 2.67. The topological polar surface area (TPSA) is 44.8 Å². The molecule has 0 aliphatic carbocycles. The SMILES string of the molecule is COc1ccc(C(=O)Oc2ccc(Cl)c3ccccc23)c(OC)c1. The van der Waals surface area contributed by atoms with E-state index in [0.717, 1.165) is 10.8 Å². The number of ether oxygens (including phenoxy) is 3. The summed E-state index contributed by atoms with van der Waals surface area (Å²) in [4.78, 5) is 12.5. The Morgan fingerprint density at radius 1 is 0.875 bits per heavy atom. The monoisotopic (exact) mass is 342 g/mol. The summed E-state index contributed by atoms with van der Waals surface area (Å²) >= 11 is 6.19. The maximum atomic E-state index is 12.5. The number of carbonyl (C=O) groups is 1. The minimum absolute atomic E-state index is 0.317. The Morgan fingerprint density at radius 2 is 1.62 bits per heavy atom. The number of carbonyl (C=O) groups excluding carboxylic acids is 1. The van der Waals surface area contributed by atoms with Gasteiger partial charge in [-0.1, -0.05) is 35.9 Å². The van der Waals surface area contributed by atoms with E-state index >= 15 is 0 Å². The molecule has 0 saturated heterocycles. The Bertz CT molecular complexity index is 905. The molecular formula is C19H15ClO4. The zero-order chi connectivity index (χ0) is 17.1. The molecule has 0 fully saturated rings. The van der Waals surface area contributed by atoms with Crippen LogP contribution in [0.3, 0.4) is 0 Å². The van der Waals surface area contributed by atoms with E-state index in [-0.39, 0.29) is 0 Å². The molecular weight excluding hydrogens is 328 g/mol. The predicted molar refractivity (Wildman–Crippen MR) is 93.5 cm³/mol. The maximum absolute atomic E-state index is 12.5. The van der Waals surface area contributed by atoms with Crippen molar-refractivity contribution in [2.75, 3.05) is 14.2 Å². The third-order valence-electron chi connectivity index (χ3n) is 3.66. The molecule has 5 heteroatoms. The number of hydrogen-bond donors (Lipinski definition) is 0. The van der Waals surface area contributed by atoms with Crippen molar-refractivity contribution in [3.8, 4) is 17.2 Å². The van der Waals surface area contributed by atoms with E-state index in [0.29, 0.717) is 27.8 Å². The maximum Gasteiger partial charge on any atom is 0.347 e. The van der Waals surface area contributed by atoms with Crippen molar-refractivity contribution in [1.29, 1.82) is 0 Å². The molecule has 0 bridgehead atoms. The molecule has 0 aliphatic rings. The molecule has 3 aromatic rings. The molecule has 0 aliphatic heterocycles. The van der Waals surface area contributed by atoms with Gasteiger partial charge >= 0.3 is 5.97 Å². The number of benzene rings is 3. The van der Waals surface area contributed by atoms with Gasteiger partial charge in [0.15, 0.2) is 0 Å². The van der Waals surface area contributed by atoms with Crippen LogP contribution in [-0.2, 0) is 0 Å². The van der Waals surface area contributed by atoms with Crippen molar-refractivity contribution in [2.45, 2.75) is 0 Å².